The normalized spacial score (nSPS) is 11.2. The lowest BCUT2D eigenvalue weighted by atomic mass is 10.3. The van der Waals surface area contributed by atoms with Crippen LogP contribution in [0.4, 0.5) is 0 Å². The van der Waals surface area contributed by atoms with Crippen LogP contribution in [0.25, 0.3) is 0 Å². The number of allylic oxidation sites excluding steroid dienone is 2. The van der Waals surface area contributed by atoms with E-state index >= 15 is 0 Å². The van der Waals surface area contributed by atoms with Crippen LogP contribution in [0, 0.1) is 0 Å². The highest BCUT2D eigenvalue weighted by molar-refractivity contribution is 6.35. The number of hydrogen-bond acceptors (Lipinski definition) is 3. The molecule has 0 saturated carbocycles. The van der Waals surface area contributed by atoms with Crippen LogP contribution in [-0.2, 0) is 4.79 Å². The highest BCUT2D eigenvalue weighted by atomic mass is 35.5. The average Bonchev–Trinajstić information content (AvgIpc) is 2.41. The summed E-state index contributed by atoms with van der Waals surface area (Å²) in [4.78, 5) is 11.4. The Bertz CT molecular complexity index is 502. The third-order valence-corrected chi connectivity index (χ3v) is 2.77. The summed E-state index contributed by atoms with van der Waals surface area (Å²) in [6.45, 7) is 2.26. The van der Waals surface area contributed by atoms with E-state index in [0.29, 0.717) is 35.2 Å². The second-order valence-electron chi connectivity index (χ2n) is 3.87. The van der Waals surface area contributed by atoms with Crippen LogP contribution in [0.15, 0.2) is 35.5 Å². The summed E-state index contributed by atoms with van der Waals surface area (Å²) in [5.74, 6) is 0.402. The van der Waals surface area contributed by atoms with Crippen LogP contribution in [0.5, 0.6) is 5.75 Å². The van der Waals surface area contributed by atoms with Crippen molar-refractivity contribution >= 4 is 35.3 Å². The number of hydrogen-bond donors (Lipinski definition) is 1. The molecule has 6 heteroatoms. The minimum absolute atomic E-state index is 0.156. The number of amides is 1. The van der Waals surface area contributed by atoms with E-state index in [0.717, 1.165) is 0 Å². The maximum absolute atomic E-state index is 11.4. The maximum Gasteiger partial charge on any atom is 0.240 e. The van der Waals surface area contributed by atoms with Gasteiger partial charge in [-0.25, -0.2) is 5.43 Å². The Morgan fingerprint density at radius 2 is 2.25 bits per heavy atom. The number of carbonyl (C=O) groups excluding carboxylic acids is 1. The average molecular weight is 315 g/mol. The fourth-order valence-electron chi connectivity index (χ4n) is 1.30. The summed E-state index contributed by atoms with van der Waals surface area (Å²) in [7, 11) is 0. The first-order valence-electron chi connectivity index (χ1n) is 6.14. The second kappa shape index (κ2) is 9.39. The van der Waals surface area contributed by atoms with E-state index in [1.54, 1.807) is 24.3 Å². The van der Waals surface area contributed by atoms with Crippen molar-refractivity contribution in [3.8, 4) is 5.75 Å². The molecule has 0 unspecified atom stereocenters. The Hall–Kier alpha value is -1.52. The summed E-state index contributed by atoms with van der Waals surface area (Å²) in [5.41, 5.74) is 2.42. The third kappa shape index (κ3) is 6.59. The van der Waals surface area contributed by atoms with Gasteiger partial charge in [0.2, 0.25) is 5.91 Å². The summed E-state index contributed by atoms with van der Waals surface area (Å²) in [5, 5.41) is 4.75. The van der Waals surface area contributed by atoms with Gasteiger partial charge in [0.05, 0.1) is 11.6 Å². The van der Waals surface area contributed by atoms with E-state index in [1.165, 1.54) is 6.21 Å². The van der Waals surface area contributed by atoms with Gasteiger partial charge < -0.3 is 4.74 Å². The molecule has 4 nitrogen and oxygen atoms in total. The highest BCUT2D eigenvalue weighted by Gasteiger charge is 2.03. The molecule has 0 heterocycles. The van der Waals surface area contributed by atoms with E-state index in [2.05, 4.69) is 10.5 Å². The van der Waals surface area contributed by atoms with Crippen molar-refractivity contribution in [1.82, 2.24) is 5.43 Å². The van der Waals surface area contributed by atoms with Gasteiger partial charge in [-0.15, -0.1) is 0 Å². The van der Waals surface area contributed by atoms with Gasteiger partial charge in [0.25, 0.3) is 0 Å². The first kappa shape index (κ1) is 16.5. The van der Waals surface area contributed by atoms with E-state index in [4.69, 9.17) is 27.9 Å². The molecule has 1 amide bonds. The highest BCUT2D eigenvalue weighted by Crippen LogP contribution is 2.27. The molecule has 0 aliphatic rings. The molecule has 0 fully saturated rings. The number of benzene rings is 1. The van der Waals surface area contributed by atoms with Gasteiger partial charge in [-0.05, 0) is 37.6 Å². The minimum Gasteiger partial charge on any atom is -0.492 e. The largest absolute Gasteiger partial charge is 0.492 e. The van der Waals surface area contributed by atoms with Gasteiger partial charge in [-0.3, -0.25) is 4.79 Å². The van der Waals surface area contributed by atoms with E-state index < -0.39 is 0 Å². The van der Waals surface area contributed by atoms with Crippen molar-refractivity contribution in [2.75, 3.05) is 6.61 Å². The van der Waals surface area contributed by atoms with Gasteiger partial charge in [-0.1, -0.05) is 29.3 Å². The molecule has 0 radical (unpaired) electrons. The number of rotatable bonds is 7. The minimum atomic E-state index is -0.156. The zero-order chi connectivity index (χ0) is 14.8. The number of halogens is 2. The number of nitrogens with zero attached hydrogens (tertiary/aromatic N) is 1. The lowest BCUT2D eigenvalue weighted by Gasteiger charge is -2.07. The van der Waals surface area contributed by atoms with Crippen LogP contribution >= 0.6 is 23.2 Å². The van der Waals surface area contributed by atoms with Gasteiger partial charge in [-0.2, -0.15) is 5.10 Å². The molecule has 0 aromatic heterocycles. The molecule has 1 aromatic rings. The van der Waals surface area contributed by atoms with E-state index in [-0.39, 0.29) is 5.91 Å². The zero-order valence-corrected chi connectivity index (χ0v) is 12.6. The van der Waals surface area contributed by atoms with Gasteiger partial charge in [0.15, 0.2) is 0 Å². The fourth-order valence-corrected chi connectivity index (χ4v) is 1.76. The van der Waals surface area contributed by atoms with Crippen LogP contribution in [0.2, 0.25) is 10.0 Å². The summed E-state index contributed by atoms with van der Waals surface area (Å²) >= 11 is 11.7. The molecule has 108 valence electrons. The Labute approximate surface area is 128 Å². The second-order valence-corrected chi connectivity index (χ2v) is 4.71. The number of hydrazone groups is 1. The lowest BCUT2D eigenvalue weighted by molar-refractivity contribution is -0.121. The van der Waals surface area contributed by atoms with Crippen molar-refractivity contribution in [2.24, 2.45) is 5.10 Å². The number of nitrogens with one attached hydrogen (secondary N) is 1. The van der Waals surface area contributed by atoms with Crippen LogP contribution < -0.4 is 10.2 Å². The fraction of sp³-hybridized carbons (Fsp3) is 0.286. The van der Waals surface area contributed by atoms with Gasteiger partial charge >= 0.3 is 0 Å². The maximum atomic E-state index is 11.4. The third-order valence-electron chi connectivity index (χ3n) is 2.24. The molecule has 0 atom stereocenters. The van der Waals surface area contributed by atoms with Gasteiger partial charge in [0, 0.05) is 17.7 Å². The Morgan fingerprint density at radius 1 is 1.45 bits per heavy atom. The zero-order valence-electron chi connectivity index (χ0n) is 11.1. The van der Waals surface area contributed by atoms with E-state index in [9.17, 15) is 4.79 Å². The predicted octanol–water partition coefficient (Wildman–Crippen LogP) is 3.83. The monoisotopic (exact) mass is 314 g/mol. The summed E-state index contributed by atoms with van der Waals surface area (Å²) < 4.78 is 5.47. The molecule has 1 aromatic carbocycles. The topological polar surface area (TPSA) is 50.7 Å². The van der Waals surface area contributed by atoms with Crippen molar-refractivity contribution in [3.05, 3.63) is 40.4 Å². The van der Waals surface area contributed by atoms with Crippen LogP contribution in [0.3, 0.4) is 0 Å². The number of carbonyl (C=O) groups is 1. The van der Waals surface area contributed by atoms with Crippen LogP contribution in [0.1, 0.15) is 19.8 Å². The number of ether oxygens (including phenoxy) is 1. The summed E-state index contributed by atoms with van der Waals surface area (Å²) in [6.07, 6.45) is 5.97. The molecular formula is C14H16Cl2N2O2. The molecular weight excluding hydrogens is 299 g/mol. The standard InChI is InChI=1S/C14H16Cl2N2O2/c1-2-3-8-17-18-14(19)5-4-9-20-13-7-6-11(15)10-12(13)16/h2-3,6-8,10H,4-5,9H2,1H3,(H,18,19). The van der Waals surface area contributed by atoms with Crippen LogP contribution in [-0.4, -0.2) is 18.7 Å². The molecule has 20 heavy (non-hydrogen) atoms. The smallest absolute Gasteiger partial charge is 0.240 e. The molecule has 0 saturated heterocycles. The molecule has 0 aliphatic heterocycles. The Kier molecular flexibility index (Phi) is 7.77. The summed E-state index contributed by atoms with van der Waals surface area (Å²) in [6, 6.07) is 5.01. The van der Waals surface area contributed by atoms with Gasteiger partial charge in [0.1, 0.15) is 5.75 Å². The Morgan fingerprint density at radius 3 is 2.95 bits per heavy atom. The van der Waals surface area contributed by atoms with Crippen molar-refractivity contribution in [1.29, 1.82) is 0 Å². The van der Waals surface area contributed by atoms with Crippen molar-refractivity contribution in [2.45, 2.75) is 19.8 Å². The first-order chi connectivity index (χ1) is 9.63. The van der Waals surface area contributed by atoms with Crippen molar-refractivity contribution < 1.29 is 9.53 Å². The molecule has 0 bridgehead atoms. The molecule has 1 rings (SSSR count). The SMILES string of the molecule is CC=CC=NNC(=O)CCCOc1ccc(Cl)cc1Cl. The van der Waals surface area contributed by atoms with Crippen molar-refractivity contribution in [3.63, 3.8) is 0 Å². The quantitative estimate of drug-likeness (QED) is 0.472. The van der Waals surface area contributed by atoms with E-state index in [1.807, 2.05) is 13.0 Å². The molecule has 0 spiro atoms. The molecule has 1 N–H and O–H groups in total. The Balaban J connectivity index is 2.23. The lowest BCUT2D eigenvalue weighted by Crippen LogP contribution is -2.17. The predicted molar refractivity (Wildman–Crippen MR) is 82.6 cm³/mol. The molecule has 0 aliphatic carbocycles. The first-order valence-corrected chi connectivity index (χ1v) is 6.90.